The molecule has 3 atom stereocenters. The lowest BCUT2D eigenvalue weighted by Crippen LogP contribution is -2.54. The predicted octanol–water partition coefficient (Wildman–Crippen LogP) is 4.55. The van der Waals surface area contributed by atoms with Gasteiger partial charge in [-0.25, -0.2) is 13.5 Å². The van der Waals surface area contributed by atoms with E-state index in [2.05, 4.69) is 10.2 Å². The lowest BCUT2D eigenvalue weighted by molar-refractivity contribution is -0.0864. The van der Waals surface area contributed by atoms with Crippen LogP contribution in [0.3, 0.4) is 0 Å². The molecule has 0 aliphatic carbocycles. The highest BCUT2D eigenvalue weighted by Gasteiger charge is 2.41. The van der Waals surface area contributed by atoms with Crippen molar-refractivity contribution in [2.75, 3.05) is 51.4 Å². The zero-order chi connectivity index (χ0) is 28.6. The van der Waals surface area contributed by atoms with E-state index in [0.717, 1.165) is 73.2 Å². The molecule has 3 aromatic rings. The summed E-state index contributed by atoms with van der Waals surface area (Å²) in [4.78, 5) is 8.74. The first-order chi connectivity index (χ1) is 19.9. The standard InChI is InChI=1S/C30H39F3N6O2/c1-20-13-24-23(7-9-27-25(24)15-35-39(27)28-5-2-3-12-41-28)29(38(20)18-30(32,33)19-40)26-8-6-21(14-34-26)36-22-16-37(17-22)11-4-10-31/h6-9,14-15,20,22,28-29,36,40H,2-5,10-13,16-19H2,1H3/t20-,28?,29+/m1/s1. The number of hydrogen-bond acceptors (Lipinski definition) is 7. The molecule has 2 saturated heterocycles. The van der Waals surface area contributed by atoms with Crippen LogP contribution < -0.4 is 5.32 Å². The van der Waals surface area contributed by atoms with Gasteiger partial charge in [0.25, 0.3) is 5.92 Å². The summed E-state index contributed by atoms with van der Waals surface area (Å²) in [5, 5.41) is 18.6. The Balaban J connectivity index is 1.30. The Morgan fingerprint density at radius 1 is 1.15 bits per heavy atom. The van der Waals surface area contributed by atoms with E-state index in [4.69, 9.17) is 14.8 Å². The Bertz CT molecular complexity index is 1320. The van der Waals surface area contributed by atoms with Crippen LogP contribution in [0, 0.1) is 0 Å². The molecule has 1 aromatic carbocycles. The van der Waals surface area contributed by atoms with Gasteiger partial charge in [0, 0.05) is 37.7 Å². The number of aliphatic hydroxyl groups excluding tert-OH is 1. The minimum absolute atomic E-state index is 0.0935. The number of benzene rings is 1. The molecule has 11 heteroatoms. The number of pyridine rings is 1. The number of ether oxygens (including phenoxy) is 1. The van der Waals surface area contributed by atoms with Gasteiger partial charge in [-0.3, -0.25) is 19.2 Å². The third-order valence-corrected chi connectivity index (χ3v) is 8.70. The number of hydrogen-bond donors (Lipinski definition) is 2. The van der Waals surface area contributed by atoms with Gasteiger partial charge < -0.3 is 15.2 Å². The molecule has 8 nitrogen and oxygen atoms in total. The highest BCUT2D eigenvalue weighted by molar-refractivity contribution is 5.84. The molecule has 1 unspecified atom stereocenters. The fourth-order valence-corrected chi connectivity index (χ4v) is 6.58. The number of fused-ring (bicyclic) bond motifs is 3. The summed E-state index contributed by atoms with van der Waals surface area (Å²) in [6, 6.07) is 7.45. The minimum Gasteiger partial charge on any atom is -0.390 e. The average Bonchev–Trinajstić information content (AvgIpc) is 3.40. The first kappa shape index (κ1) is 28.4. The first-order valence-electron chi connectivity index (χ1n) is 14.7. The highest BCUT2D eigenvalue weighted by atomic mass is 19.3. The van der Waals surface area contributed by atoms with Crippen molar-refractivity contribution in [1.29, 1.82) is 0 Å². The van der Waals surface area contributed by atoms with Gasteiger partial charge in [-0.05, 0) is 68.4 Å². The molecule has 2 aromatic heterocycles. The normalized spacial score (nSPS) is 24.4. The van der Waals surface area contributed by atoms with Crippen LogP contribution in [-0.2, 0) is 11.2 Å². The second-order valence-corrected chi connectivity index (χ2v) is 11.7. The van der Waals surface area contributed by atoms with Gasteiger partial charge in [0.15, 0.2) is 6.23 Å². The number of nitrogens with one attached hydrogen (secondary N) is 1. The number of nitrogens with zero attached hydrogens (tertiary/aromatic N) is 5. The topological polar surface area (TPSA) is 78.7 Å². The van der Waals surface area contributed by atoms with Crippen LogP contribution in [0.15, 0.2) is 36.7 Å². The zero-order valence-electron chi connectivity index (χ0n) is 23.5. The van der Waals surface area contributed by atoms with Crippen molar-refractivity contribution in [3.05, 3.63) is 53.5 Å². The third-order valence-electron chi connectivity index (χ3n) is 8.70. The van der Waals surface area contributed by atoms with E-state index in [1.165, 1.54) is 0 Å². The molecule has 41 heavy (non-hydrogen) atoms. The molecule has 0 amide bonds. The first-order valence-corrected chi connectivity index (χ1v) is 14.7. The number of likely N-dealkylation sites (tertiary alicyclic amines) is 1. The van der Waals surface area contributed by atoms with Crippen LogP contribution in [0.2, 0.25) is 0 Å². The number of rotatable bonds is 10. The largest absolute Gasteiger partial charge is 0.390 e. The van der Waals surface area contributed by atoms with Crippen molar-refractivity contribution in [2.45, 2.75) is 69.3 Å². The van der Waals surface area contributed by atoms with E-state index >= 15 is 0 Å². The Hall–Kier alpha value is -2.73. The maximum Gasteiger partial charge on any atom is 0.283 e. The molecule has 0 radical (unpaired) electrons. The van der Waals surface area contributed by atoms with Crippen molar-refractivity contribution >= 4 is 16.6 Å². The molecule has 5 heterocycles. The van der Waals surface area contributed by atoms with E-state index in [0.29, 0.717) is 18.5 Å². The van der Waals surface area contributed by atoms with Crippen LogP contribution in [0.1, 0.15) is 61.7 Å². The summed E-state index contributed by atoms with van der Waals surface area (Å²) in [5.74, 6) is -3.24. The van der Waals surface area contributed by atoms with Gasteiger partial charge in [-0.15, -0.1) is 0 Å². The zero-order valence-corrected chi connectivity index (χ0v) is 23.5. The maximum atomic E-state index is 14.6. The molecule has 2 N–H and O–H groups in total. The number of aliphatic hydroxyl groups is 1. The van der Waals surface area contributed by atoms with E-state index in [-0.39, 0.29) is 25.0 Å². The van der Waals surface area contributed by atoms with Crippen molar-refractivity contribution in [3.63, 3.8) is 0 Å². The lowest BCUT2D eigenvalue weighted by Gasteiger charge is -2.43. The molecule has 0 saturated carbocycles. The molecule has 3 aliphatic heterocycles. The molecular weight excluding hydrogens is 533 g/mol. The van der Waals surface area contributed by atoms with Crippen molar-refractivity contribution in [3.8, 4) is 0 Å². The predicted molar refractivity (Wildman–Crippen MR) is 151 cm³/mol. The number of halogens is 3. The van der Waals surface area contributed by atoms with Gasteiger partial charge >= 0.3 is 0 Å². The lowest BCUT2D eigenvalue weighted by atomic mass is 9.84. The number of alkyl halides is 3. The van der Waals surface area contributed by atoms with Gasteiger partial charge in [0.2, 0.25) is 0 Å². The van der Waals surface area contributed by atoms with Crippen LogP contribution in [-0.4, -0.2) is 93.7 Å². The van der Waals surface area contributed by atoms with Gasteiger partial charge in [0.1, 0.15) is 6.61 Å². The van der Waals surface area contributed by atoms with Crippen LogP contribution in [0.5, 0.6) is 0 Å². The number of aromatic nitrogens is 3. The smallest absolute Gasteiger partial charge is 0.283 e. The van der Waals surface area contributed by atoms with E-state index < -0.39 is 25.1 Å². The van der Waals surface area contributed by atoms with Gasteiger partial charge in [-0.1, -0.05) is 6.07 Å². The van der Waals surface area contributed by atoms with Crippen LogP contribution in [0.25, 0.3) is 10.9 Å². The Labute approximate surface area is 238 Å². The summed E-state index contributed by atoms with van der Waals surface area (Å²) in [6.45, 7) is 3.08. The second-order valence-electron chi connectivity index (χ2n) is 11.7. The summed E-state index contributed by atoms with van der Waals surface area (Å²) in [6.07, 6.45) is 7.75. The SMILES string of the molecule is C[C@@H]1Cc2c(ccc3c2cnn3C2CCCCO2)[C@@H](c2ccc(NC3CN(CCCF)C3)cn2)N1CC(F)(F)CO. The van der Waals surface area contributed by atoms with Crippen LogP contribution in [0.4, 0.5) is 18.9 Å². The van der Waals surface area contributed by atoms with Crippen molar-refractivity contribution < 1.29 is 23.0 Å². The fraction of sp³-hybridized carbons (Fsp3) is 0.600. The molecular formula is C30H39F3N6O2. The Morgan fingerprint density at radius 2 is 2.00 bits per heavy atom. The van der Waals surface area contributed by atoms with Crippen LogP contribution >= 0.6 is 0 Å². The molecule has 222 valence electrons. The third kappa shape index (κ3) is 5.82. The van der Waals surface area contributed by atoms with E-state index in [1.807, 2.05) is 42.1 Å². The average molecular weight is 573 g/mol. The highest BCUT2D eigenvalue weighted by Crippen LogP contribution is 2.42. The van der Waals surface area contributed by atoms with Crippen molar-refractivity contribution in [2.24, 2.45) is 0 Å². The van der Waals surface area contributed by atoms with Gasteiger partial charge in [-0.2, -0.15) is 5.10 Å². The van der Waals surface area contributed by atoms with Gasteiger partial charge in [0.05, 0.1) is 54.6 Å². The van der Waals surface area contributed by atoms with E-state index in [9.17, 15) is 18.3 Å². The summed E-state index contributed by atoms with van der Waals surface area (Å²) < 4.78 is 49.6. The fourth-order valence-electron chi connectivity index (χ4n) is 6.58. The summed E-state index contributed by atoms with van der Waals surface area (Å²) in [5.41, 5.74) is 4.56. The summed E-state index contributed by atoms with van der Waals surface area (Å²) in [7, 11) is 0. The molecule has 3 aliphatic rings. The Kier molecular flexibility index (Phi) is 8.22. The maximum absolute atomic E-state index is 14.6. The summed E-state index contributed by atoms with van der Waals surface area (Å²) >= 11 is 0. The van der Waals surface area contributed by atoms with E-state index in [1.54, 1.807) is 11.1 Å². The number of anilines is 1. The molecule has 0 bridgehead atoms. The second kappa shape index (κ2) is 11.9. The Morgan fingerprint density at radius 3 is 2.71 bits per heavy atom. The molecule has 2 fully saturated rings. The minimum atomic E-state index is -3.24. The molecule has 6 rings (SSSR count). The monoisotopic (exact) mass is 572 g/mol. The van der Waals surface area contributed by atoms with Crippen molar-refractivity contribution in [1.82, 2.24) is 24.6 Å². The quantitative estimate of drug-likeness (QED) is 0.369. The molecule has 0 spiro atoms.